The summed E-state index contributed by atoms with van der Waals surface area (Å²) in [5.74, 6) is 0. The lowest BCUT2D eigenvalue weighted by molar-refractivity contribution is 0.199. The van der Waals surface area contributed by atoms with Crippen LogP contribution in [0, 0.1) is 5.41 Å². The van der Waals surface area contributed by atoms with Crippen molar-refractivity contribution < 1.29 is 0 Å². The van der Waals surface area contributed by atoms with Gasteiger partial charge in [-0.1, -0.05) is 0 Å². The van der Waals surface area contributed by atoms with Crippen molar-refractivity contribution in [2.45, 2.75) is 32.2 Å². The third-order valence-corrected chi connectivity index (χ3v) is 5.10. The maximum absolute atomic E-state index is 5.70. The largest absolute Gasteiger partial charge is 0.330 e. The molecule has 0 unspecified atom stereocenters. The van der Waals surface area contributed by atoms with Crippen molar-refractivity contribution in [2.24, 2.45) is 11.1 Å². The average molecular weight is 236 g/mol. The quantitative estimate of drug-likeness (QED) is 0.868. The third-order valence-electron chi connectivity index (χ3n) is 4.08. The third kappa shape index (κ3) is 2.04. The van der Waals surface area contributed by atoms with Crippen LogP contribution in [0.5, 0.6) is 0 Å². The van der Waals surface area contributed by atoms with Gasteiger partial charge in [-0.25, -0.2) is 0 Å². The number of hydrogen-bond donors (Lipinski definition) is 1. The van der Waals surface area contributed by atoms with Gasteiger partial charge in [0.1, 0.15) is 0 Å². The fourth-order valence-corrected chi connectivity index (χ4v) is 3.78. The molecule has 2 N–H and O–H groups in total. The fraction of sp³-hybridized carbons (Fsp3) is 0.692. The molecule has 0 saturated heterocycles. The molecule has 1 aliphatic carbocycles. The number of fused-ring (bicyclic) bond motifs is 1. The van der Waals surface area contributed by atoms with Gasteiger partial charge in [0, 0.05) is 24.5 Å². The standard InChI is InChI=1S/C13H20N2S/c14-6-5-13(3-4-13)10-15-7-1-12-11(9-15)2-8-16-12/h2,8H,1,3-7,9-10,14H2. The fourth-order valence-electron chi connectivity index (χ4n) is 2.89. The first-order valence-corrected chi connectivity index (χ1v) is 7.17. The van der Waals surface area contributed by atoms with Gasteiger partial charge >= 0.3 is 0 Å². The predicted molar refractivity (Wildman–Crippen MR) is 68.6 cm³/mol. The predicted octanol–water partition coefficient (Wildman–Crippen LogP) is 2.24. The Morgan fingerprint density at radius 1 is 1.44 bits per heavy atom. The lowest BCUT2D eigenvalue weighted by Gasteiger charge is -2.30. The molecule has 1 aromatic rings. The van der Waals surface area contributed by atoms with Crippen molar-refractivity contribution in [3.63, 3.8) is 0 Å². The summed E-state index contributed by atoms with van der Waals surface area (Å²) < 4.78 is 0. The van der Waals surface area contributed by atoms with E-state index in [2.05, 4.69) is 16.3 Å². The number of nitrogens with zero attached hydrogens (tertiary/aromatic N) is 1. The van der Waals surface area contributed by atoms with Crippen molar-refractivity contribution in [3.05, 3.63) is 21.9 Å². The van der Waals surface area contributed by atoms with Crippen LogP contribution in [0.1, 0.15) is 29.7 Å². The van der Waals surface area contributed by atoms with Crippen molar-refractivity contribution in [1.82, 2.24) is 4.90 Å². The molecule has 88 valence electrons. The highest BCUT2D eigenvalue weighted by Gasteiger charge is 2.43. The van der Waals surface area contributed by atoms with E-state index in [-0.39, 0.29) is 0 Å². The minimum Gasteiger partial charge on any atom is -0.330 e. The molecule has 0 amide bonds. The highest BCUT2D eigenvalue weighted by atomic mass is 32.1. The first kappa shape index (κ1) is 10.8. The van der Waals surface area contributed by atoms with E-state index in [4.69, 9.17) is 5.73 Å². The topological polar surface area (TPSA) is 29.3 Å². The minimum atomic E-state index is 0.599. The lowest BCUT2D eigenvalue weighted by Crippen LogP contribution is -2.35. The molecule has 2 nitrogen and oxygen atoms in total. The normalized spacial score (nSPS) is 23.1. The Labute approximate surface area is 101 Å². The molecule has 1 aromatic heterocycles. The molecule has 3 heteroatoms. The first-order chi connectivity index (χ1) is 7.81. The van der Waals surface area contributed by atoms with E-state index in [0.717, 1.165) is 6.54 Å². The molecule has 0 aromatic carbocycles. The van der Waals surface area contributed by atoms with Crippen LogP contribution in [0.15, 0.2) is 11.4 Å². The highest BCUT2D eigenvalue weighted by Crippen LogP contribution is 2.49. The Morgan fingerprint density at radius 3 is 3.06 bits per heavy atom. The SMILES string of the molecule is NCCC1(CN2CCc3sccc3C2)CC1. The van der Waals surface area contributed by atoms with Crippen LogP contribution in [-0.4, -0.2) is 24.5 Å². The first-order valence-electron chi connectivity index (χ1n) is 6.29. The van der Waals surface area contributed by atoms with Crippen LogP contribution >= 0.6 is 11.3 Å². The summed E-state index contributed by atoms with van der Waals surface area (Å²) in [4.78, 5) is 4.25. The van der Waals surface area contributed by atoms with Crippen molar-refractivity contribution in [1.29, 1.82) is 0 Å². The minimum absolute atomic E-state index is 0.599. The molecule has 16 heavy (non-hydrogen) atoms. The molecule has 2 aliphatic rings. The molecule has 0 radical (unpaired) electrons. The number of hydrogen-bond acceptors (Lipinski definition) is 3. The van der Waals surface area contributed by atoms with Crippen LogP contribution in [-0.2, 0) is 13.0 Å². The van der Waals surface area contributed by atoms with Crippen LogP contribution in [0.2, 0.25) is 0 Å². The summed E-state index contributed by atoms with van der Waals surface area (Å²) in [6, 6.07) is 2.30. The summed E-state index contributed by atoms with van der Waals surface area (Å²) in [5, 5.41) is 2.24. The Hall–Kier alpha value is -0.380. The Balaban J connectivity index is 1.62. The van der Waals surface area contributed by atoms with E-state index in [1.54, 1.807) is 10.4 Å². The van der Waals surface area contributed by atoms with Gasteiger partial charge in [-0.3, -0.25) is 4.90 Å². The Bertz CT molecular complexity index is 368. The van der Waals surface area contributed by atoms with Gasteiger partial charge in [-0.2, -0.15) is 0 Å². The molecular weight excluding hydrogens is 216 g/mol. The van der Waals surface area contributed by atoms with Crippen LogP contribution in [0.4, 0.5) is 0 Å². The lowest BCUT2D eigenvalue weighted by atomic mass is 10.00. The summed E-state index contributed by atoms with van der Waals surface area (Å²) in [6.45, 7) is 4.56. The zero-order valence-electron chi connectivity index (χ0n) is 9.74. The van der Waals surface area contributed by atoms with E-state index in [9.17, 15) is 0 Å². The summed E-state index contributed by atoms with van der Waals surface area (Å²) in [7, 11) is 0. The molecule has 0 spiro atoms. The van der Waals surface area contributed by atoms with E-state index >= 15 is 0 Å². The molecule has 2 heterocycles. The van der Waals surface area contributed by atoms with Gasteiger partial charge in [-0.05, 0) is 54.7 Å². The summed E-state index contributed by atoms with van der Waals surface area (Å²) in [5.41, 5.74) is 7.87. The molecule has 3 rings (SSSR count). The molecule has 0 bridgehead atoms. The van der Waals surface area contributed by atoms with Crippen LogP contribution in [0.25, 0.3) is 0 Å². The molecule has 0 atom stereocenters. The number of rotatable bonds is 4. The highest BCUT2D eigenvalue weighted by molar-refractivity contribution is 7.10. The van der Waals surface area contributed by atoms with E-state index in [1.165, 1.54) is 45.3 Å². The Kier molecular flexibility index (Phi) is 2.78. The van der Waals surface area contributed by atoms with Gasteiger partial charge in [-0.15, -0.1) is 11.3 Å². The van der Waals surface area contributed by atoms with E-state index < -0.39 is 0 Å². The van der Waals surface area contributed by atoms with Crippen molar-refractivity contribution >= 4 is 11.3 Å². The molecular formula is C13H20N2S. The van der Waals surface area contributed by atoms with E-state index in [0.29, 0.717) is 5.41 Å². The zero-order chi connectivity index (χ0) is 11.0. The molecule has 1 fully saturated rings. The van der Waals surface area contributed by atoms with E-state index in [1.807, 2.05) is 11.3 Å². The van der Waals surface area contributed by atoms with Gasteiger partial charge in [0.15, 0.2) is 0 Å². The zero-order valence-corrected chi connectivity index (χ0v) is 10.6. The second-order valence-electron chi connectivity index (χ2n) is 5.37. The second-order valence-corrected chi connectivity index (χ2v) is 6.37. The van der Waals surface area contributed by atoms with Crippen molar-refractivity contribution in [3.8, 4) is 0 Å². The smallest absolute Gasteiger partial charge is 0.0245 e. The van der Waals surface area contributed by atoms with Gasteiger partial charge in [0.05, 0.1) is 0 Å². The summed E-state index contributed by atoms with van der Waals surface area (Å²) >= 11 is 1.92. The van der Waals surface area contributed by atoms with Gasteiger partial charge in [0.25, 0.3) is 0 Å². The molecule has 1 aliphatic heterocycles. The maximum atomic E-state index is 5.70. The number of nitrogens with two attached hydrogens (primary N) is 1. The van der Waals surface area contributed by atoms with Crippen molar-refractivity contribution in [2.75, 3.05) is 19.6 Å². The van der Waals surface area contributed by atoms with Crippen LogP contribution in [0.3, 0.4) is 0 Å². The second kappa shape index (κ2) is 4.13. The average Bonchev–Trinajstić information content (AvgIpc) is 2.87. The van der Waals surface area contributed by atoms with Crippen LogP contribution < -0.4 is 5.73 Å². The number of thiophene rings is 1. The Morgan fingerprint density at radius 2 is 2.31 bits per heavy atom. The van der Waals surface area contributed by atoms with Gasteiger partial charge < -0.3 is 5.73 Å². The van der Waals surface area contributed by atoms with Gasteiger partial charge in [0.2, 0.25) is 0 Å². The maximum Gasteiger partial charge on any atom is 0.0245 e. The monoisotopic (exact) mass is 236 g/mol. The summed E-state index contributed by atoms with van der Waals surface area (Å²) in [6.07, 6.45) is 5.28. The molecule has 1 saturated carbocycles.